The zero-order valence-electron chi connectivity index (χ0n) is 25.1. The molecule has 0 aliphatic heterocycles. The second kappa shape index (κ2) is 12.2. The first kappa shape index (κ1) is 30.1. The summed E-state index contributed by atoms with van der Waals surface area (Å²) in [5.74, 6) is -3.65. The summed E-state index contributed by atoms with van der Waals surface area (Å²) in [6, 6.07) is 24.3. The molecule has 4 amide bonds. The Balaban J connectivity index is 1.23. The van der Waals surface area contributed by atoms with Gasteiger partial charge in [-0.25, -0.2) is 0 Å². The molecule has 2 atom stereocenters. The van der Waals surface area contributed by atoms with Gasteiger partial charge in [-0.1, -0.05) is 72.8 Å². The van der Waals surface area contributed by atoms with Crippen molar-refractivity contribution >= 4 is 72.8 Å². The number of benzene rings is 5. The fourth-order valence-electron chi connectivity index (χ4n) is 5.87. The standard InChI is InChI=1S/C35H31N5O6/c1-18(33(44)37-17-28(42)43)38-27(41)16-36-34(45)19(2)39-35(46)32-31(25-8-3-4-9-26(25)40-32)24-15-13-22-11-10-20-6-5-7-21-12-14-23(24)30(22)29(20)21/h3-15,18-19,40H,16-17H2,1-2H3,(H,36,45)(H,37,44)(H,38,41)(H,39,46)(H,42,43)/t18-,19-/m0/s1. The number of aromatic nitrogens is 1. The van der Waals surface area contributed by atoms with Crippen LogP contribution >= 0.6 is 0 Å². The Bertz CT molecular complexity index is 2150. The number of aromatic amines is 1. The molecular formula is C35H31N5O6. The number of carboxylic acids is 1. The van der Waals surface area contributed by atoms with Crippen molar-refractivity contribution in [3.8, 4) is 11.1 Å². The molecule has 0 aliphatic carbocycles. The SMILES string of the molecule is C[C@H](NC(=O)CNC(=O)[C@H](C)NC(=O)c1[nH]c2ccccc2c1-c1ccc2ccc3cccc4ccc1c2c34)C(=O)NCC(=O)O. The zero-order chi connectivity index (χ0) is 32.5. The van der Waals surface area contributed by atoms with Crippen LogP contribution in [0, 0.1) is 0 Å². The van der Waals surface area contributed by atoms with Crippen LogP contribution in [-0.4, -0.2) is 64.9 Å². The number of aliphatic carboxylic acids is 1. The molecule has 0 aliphatic rings. The van der Waals surface area contributed by atoms with E-state index >= 15 is 0 Å². The molecule has 0 bridgehead atoms. The van der Waals surface area contributed by atoms with Gasteiger partial charge in [-0.2, -0.15) is 0 Å². The van der Waals surface area contributed by atoms with Gasteiger partial charge in [0.05, 0.1) is 6.54 Å². The predicted molar refractivity (Wildman–Crippen MR) is 176 cm³/mol. The van der Waals surface area contributed by atoms with Crippen molar-refractivity contribution in [2.24, 2.45) is 0 Å². The van der Waals surface area contributed by atoms with Crippen LogP contribution in [0.2, 0.25) is 0 Å². The molecule has 6 rings (SSSR count). The van der Waals surface area contributed by atoms with Crippen molar-refractivity contribution in [2.45, 2.75) is 25.9 Å². The summed E-state index contributed by atoms with van der Waals surface area (Å²) in [5.41, 5.74) is 2.66. The van der Waals surface area contributed by atoms with Gasteiger partial charge in [-0.05, 0) is 57.8 Å². The topological polar surface area (TPSA) is 169 Å². The molecule has 5 aromatic carbocycles. The molecule has 232 valence electrons. The van der Waals surface area contributed by atoms with Crippen molar-refractivity contribution in [2.75, 3.05) is 13.1 Å². The molecule has 0 saturated heterocycles. The van der Waals surface area contributed by atoms with Crippen molar-refractivity contribution in [3.05, 3.63) is 84.6 Å². The minimum Gasteiger partial charge on any atom is -0.480 e. The fourth-order valence-corrected chi connectivity index (χ4v) is 5.87. The van der Waals surface area contributed by atoms with Crippen LogP contribution in [0.4, 0.5) is 0 Å². The lowest BCUT2D eigenvalue weighted by molar-refractivity contribution is -0.138. The normalized spacial score (nSPS) is 12.7. The maximum Gasteiger partial charge on any atom is 0.322 e. The quantitative estimate of drug-likeness (QED) is 0.128. The molecule has 0 saturated carbocycles. The second-order valence-electron chi connectivity index (χ2n) is 11.2. The minimum atomic E-state index is -1.22. The van der Waals surface area contributed by atoms with Crippen LogP contribution in [0.15, 0.2) is 78.9 Å². The second-order valence-corrected chi connectivity index (χ2v) is 11.2. The molecular weight excluding hydrogens is 586 g/mol. The minimum absolute atomic E-state index is 0.301. The maximum absolute atomic E-state index is 13.8. The number of hydrogen-bond donors (Lipinski definition) is 6. The number of fused-ring (bicyclic) bond motifs is 1. The van der Waals surface area contributed by atoms with Gasteiger partial charge in [0.15, 0.2) is 0 Å². The number of rotatable bonds is 10. The predicted octanol–water partition coefficient (Wildman–Crippen LogP) is 3.67. The Hall–Kier alpha value is -5.97. The van der Waals surface area contributed by atoms with Gasteiger partial charge in [0.25, 0.3) is 5.91 Å². The summed E-state index contributed by atoms with van der Waals surface area (Å²) < 4.78 is 0. The Kier molecular flexibility index (Phi) is 7.97. The number of carbonyl (C=O) groups is 5. The molecule has 1 aromatic heterocycles. The first-order chi connectivity index (χ1) is 22.1. The molecule has 11 nitrogen and oxygen atoms in total. The van der Waals surface area contributed by atoms with Crippen LogP contribution in [-0.2, 0) is 19.2 Å². The number of hydrogen-bond acceptors (Lipinski definition) is 5. The monoisotopic (exact) mass is 617 g/mol. The summed E-state index contributed by atoms with van der Waals surface area (Å²) in [7, 11) is 0. The van der Waals surface area contributed by atoms with Crippen LogP contribution in [0.5, 0.6) is 0 Å². The van der Waals surface area contributed by atoms with Crippen LogP contribution in [0.3, 0.4) is 0 Å². The first-order valence-corrected chi connectivity index (χ1v) is 14.8. The summed E-state index contributed by atoms with van der Waals surface area (Å²) >= 11 is 0. The summed E-state index contributed by atoms with van der Waals surface area (Å²) in [6.07, 6.45) is 0. The Morgan fingerprint density at radius 3 is 2.00 bits per heavy atom. The van der Waals surface area contributed by atoms with E-state index in [-0.39, 0.29) is 0 Å². The highest BCUT2D eigenvalue weighted by Crippen LogP contribution is 2.42. The average Bonchev–Trinajstić information content (AvgIpc) is 3.44. The zero-order valence-corrected chi connectivity index (χ0v) is 25.1. The number of para-hydroxylation sites is 1. The van der Waals surface area contributed by atoms with E-state index < -0.39 is 54.8 Å². The molecule has 6 N–H and O–H groups in total. The fraction of sp³-hybridized carbons (Fsp3) is 0.171. The van der Waals surface area contributed by atoms with Gasteiger partial charge in [-0.15, -0.1) is 0 Å². The third-order valence-electron chi connectivity index (χ3n) is 8.08. The smallest absolute Gasteiger partial charge is 0.322 e. The van der Waals surface area contributed by atoms with Gasteiger partial charge in [0.1, 0.15) is 24.3 Å². The highest BCUT2D eigenvalue weighted by molar-refractivity contribution is 6.27. The molecule has 0 unspecified atom stereocenters. The van der Waals surface area contributed by atoms with Crippen molar-refractivity contribution in [3.63, 3.8) is 0 Å². The lowest BCUT2D eigenvalue weighted by atomic mass is 9.89. The summed E-state index contributed by atoms with van der Waals surface area (Å²) in [6.45, 7) is 1.86. The number of nitrogens with one attached hydrogen (secondary N) is 5. The number of carboxylic acid groups (broad SMARTS) is 1. The van der Waals surface area contributed by atoms with Gasteiger partial charge in [-0.3, -0.25) is 24.0 Å². The number of carbonyl (C=O) groups excluding carboxylic acids is 4. The molecule has 6 aromatic rings. The van der Waals surface area contributed by atoms with Crippen molar-refractivity contribution in [1.82, 2.24) is 26.3 Å². The number of H-pyrrole nitrogens is 1. The largest absolute Gasteiger partial charge is 0.480 e. The van der Waals surface area contributed by atoms with E-state index in [0.29, 0.717) is 11.3 Å². The molecule has 1 heterocycles. The molecule has 0 radical (unpaired) electrons. The summed E-state index contributed by atoms with van der Waals surface area (Å²) in [4.78, 5) is 64.7. The van der Waals surface area contributed by atoms with Crippen LogP contribution < -0.4 is 21.3 Å². The van der Waals surface area contributed by atoms with E-state index in [1.54, 1.807) is 0 Å². The lowest BCUT2D eigenvalue weighted by Gasteiger charge is -2.17. The van der Waals surface area contributed by atoms with Gasteiger partial charge < -0.3 is 31.4 Å². The Morgan fingerprint density at radius 1 is 0.674 bits per heavy atom. The van der Waals surface area contributed by atoms with Crippen molar-refractivity contribution in [1.29, 1.82) is 0 Å². The van der Waals surface area contributed by atoms with Gasteiger partial charge in [0, 0.05) is 16.5 Å². The molecule has 0 fully saturated rings. The third kappa shape index (κ3) is 5.65. The van der Waals surface area contributed by atoms with Crippen LogP contribution in [0.25, 0.3) is 54.3 Å². The lowest BCUT2D eigenvalue weighted by Crippen LogP contribution is -2.51. The van der Waals surface area contributed by atoms with E-state index in [2.05, 4.69) is 68.7 Å². The van der Waals surface area contributed by atoms with Gasteiger partial charge in [0.2, 0.25) is 17.7 Å². The maximum atomic E-state index is 13.8. The molecule has 46 heavy (non-hydrogen) atoms. The van der Waals surface area contributed by atoms with E-state index in [1.165, 1.54) is 13.8 Å². The molecule has 0 spiro atoms. The Morgan fingerprint density at radius 2 is 1.28 bits per heavy atom. The number of amides is 4. The highest BCUT2D eigenvalue weighted by atomic mass is 16.4. The van der Waals surface area contributed by atoms with Crippen molar-refractivity contribution < 1.29 is 29.1 Å². The van der Waals surface area contributed by atoms with Crippen LogP contribution in [0.1, 0.15) is 24.3 Å². The van der Waals surface area contributed by atoms with Gasteiger partial charge >= 0.3 is 5.97 Å². The highest BCUT2D eigenvalue weighted by Gasteiger charge is 2.25. The van der Waals surface area contributed by atoms with E-state index in [0.717, 1.165) is 48.8 Å². The summed E-state index contributed by atoms with van der Waals surface area (Å²) in [5, 5.41) is 25.9. The van der Waals surface area contributed by atoms with E-state index in [9.17, 15) is 24.0 Å². The average molecular weight is 618 g/mol. The van der Waals surface area contributed by atoms with E-state index in [1.807, 2.05) is 36.4 Å². The van der Waals surface area contributed by atoms with E-state index in [4.69, 9.17) is 5.11 Å². The molecule has 11 heteroatoms. The first-order valence-electron chi connectivity index (χ1n) is 14.8. The Labute approximate surface area is 262 Å². The third-order valence-corrected chi connectivity index (χ3v) is 8.08.